The summed E-state index contributed by atoms with van der Waals surface area (Å²) in [7, 11) is 0. The third kappa shape index (κ3) is 5.87. The Morgan fingerprint density at radius 2 is 1.91 bits per heavy atom. The molecule has 0 saturated carbocycles. The summed E-state index contributed by atoms with van der Waals surface area (Å²) in [6.45, 7) is 4.95. The molecule has 1 aromatic heterocycles. The maximum atomic E-state index is 12.1. The van der Waals surface area contributed by atoms with Crippen LogP contribution in [0, 0.1) is 0 Å². The second-order valence-corrected chi connectivity index (χ2v) is 8.48. The monoisotopic (exact) mass is 440 g/mol. The highest BCUT2D eigenvalue weighted by molar-refractivity contribution is 5.92. The molecule has 1 amide bonds. The van der Waals surface area contributed by atoms with E-state index in [2.05, 4.69) is 10.3 Å². The van der Waals surface area contributed by atoms with Crippen molar-refractivity contribution in [2.24, 2.45) is 0 Å². The lowest BCUT2D eigenvalue weighted by Gasteiger charge is -2.25. The highest BCUT2D eigenvalue weighted by Gasteiger charge is 2.27. The Bertz CT molecular complexity index is 1070. The number of aromatic amines is 1. The lowest BCUT2D eigenvalue weighted by molar-refractivity contribution is 0.0344. The van der Waals surface area contributed by atoms with Crippen LogP contribution in [0.4, 0.5) is 4.79 Å². The molecule has 8 nitrogen and oxygen atoms in total. The largest absolute Gasteiger partial charge is 0.488 e. The Balaban J connectivity index is 1.85. The molecule has 0 spiro atoms. The van der Waals surface area contributed by atoms with Gasteiger partial charge in [-0.1, -0.05) is 30.3 Å². The third-order valence-electron chi connectivity index (χ3n) is 4.72. The van der Waals surface area contributed by atoms with Crippen LogP contribution in [0.3, 0.4) is 0 Å². The number of nitrogens with one attached hydrogen (secondary N) is 2. The van der Waals surface area contributed by atoms with E-state index in [1.54, 1.807) is 39.0 Å². The van der Waals surface area contributed by atoms with E-state index in [1.807, 2.05) is 30.3 Å². The number of aromatic nitrogens is 1. The summed E-state index contributed by atoms with van der Waals surface area (Å²) in [5.74, 6) is 0.476. The van der Waals surface area contributed by atoms with Crippen LogP contribution in [0.15, 0.2) is 48.5 Å². The predicted octanol–water partition coefficient (Wildman–Crippen LogP) is 3.48. The first-order valence-electron chi connectivity index (χ1n) is 10.3. The standard InChI is InChI=1S/C24H28N2O6/c1-24(2,3)32-23(30)26-20(13-28)22(29)19-11-17-18(25-19)9-16(12-27)10-21(17)31-14-15-7-5-4-6-8-15/h4-12,20,22,25,28-29H,13-14H2,1-3H3,(H,26,30)/t20-,22+/m0/s1. The molecule has 1 heterocycles. The summed E-state index contributed by atoms with van der Waals surface area (Å²) in [5.41, 5.74) is 1.60. The number of alkyl carbamates (subject to hydrolysis) is 1. The summed E-state index contributed by atoms with van der Waals surface area (Å²) >= 11 is 0. The van der Waals surface area contributed by atoms with E-state index >= 15 is 0 Å². The van der Waals surface area contributed by atoms with Gasteiger partial charge >= 0.3 is 6.09 Å². The smallest absolute Gasteiger partial charge is 0.408 e. The van der Waals surface area contributed by atoms with Crippen molar-refractivity contribution in [3.63, 3.8) is 0 Å². The molecule has 32 heavy (non-hydrogen) atoms. The van der Waals surface area contributed by atoms with Crippen molar-refractivity contribution in [1.82, 2.24) is 10.3 Å². The van der Waals surface area contributed by atoms with Gasteiger partial charge in [-0.3, -0.25) is 4.79 Å². The van der Waals surface area contributed by atoms with E-state index in [0.717, 1.165) is 5.56 Å². The fourth-order valence-electron chi connectivity index (χ4n) is 3.23. The van der Waals surface area contributed by atoms with Gasteiger partial charge in [0.1, 0.15) is 30.3 Å². The minimum Gasteiger partial charge on any atom is -0.488 e. The Kier molecular flexibility index (Phi) is 7.17. The Hall–Kier alpha value is -3.36. The predicted molar refractivity (Wildman–Crippen MR) is 120 cm³/mol. The first-order chi connectivity index (χ1) is 15.2. The molecule has 3 rings (SSSR count). The number of carbonyl (C=O) groups is 2. The molecule has 0 aliphatic heterocycles. The van der Waals surface area contributed by atoms with Gasteiger partial charge in [0.25, 0.3) is 0 Å². The fourth-order valence-corrected chi connectivity index (χ4v) is 3.23. The molecule has 0 fully saturated rings. The minimum absolute atomic E-state index is 0.306. The van der Waals surface area contributed by atoms with Crippen LogP contribution in [-0.2, 0) is 11.3 Å². The number of fused-ring (bicyclic) bond motifs is 1. The first-order valence-corrected chi connectivity index (χ1v) is 10.3. The number of hydrogen-bond acceptors (Lipinski definition) is 6. The summed E-state index contributed by atoms with van der Waals surface area (Å²) in [4.78, 5) is 26.5. The van der Waals surface area contributed by atoms with Gasteiger partial charge in [0, 0.05) is 16.6 Å². The number of rotatable bonds is 8. The zero-order valence-corrected chi connectivity index (χ0v) is 18.3. The van der Waals surface area contributed by atoms with Crippen molar-refractivity contribution in [3.05, 3.63) is 65.4 Å². The van der Waals surface area contributed by atoms with Crippen LogP contribution in [0.25, 0.3) is 10.9 Å². The second-order valence-electron chi connectivity index (χ2n) is 8.48. The fraction of sp³-hybridized carbons (Fsp3) is 0.333. The quantitative estimate of drug-likeness (QED) is 0.398. The number of aliphatic hydroxyl groups excluding tert-OH is 2. The lowest BCUT2D eigenvalue weighted by atomic mass is 10.1. The molecule has 0 bridgehead atoms. The molecule has 0 unspecified atom stereocenters. The van der Waals surface area contributed by atoms with Gasteiger partial charge in [0.15, 0.2) is 0 Å². The lowest BCUT2D eigenvalue weighted by Crippen LogP contribution is -2.44. The van der Waals surface area contributed by atoms with Gasteiger partial charge in [-0.2, -0.15) is 0 Å². The van der Waals surface area contributed by atoms with Crippen LogP contribution in [-0.4, -0.2) is 45.8 Å². The van der Waals surface area contributed by atoms with Crippen LogP contribution >= 0.6 is 0 Å². The normalized spacial score (nSPS) is 13.4. The summed E-state index contributed by atoms with van der Waals surface area (Å²) in [5, 5.41) is 23.6. The number of benzene rings is 2. The zero-order valence-electron chi connectivity index (χ0n) is 18.3. The zero-order chi connectivity index (χ0) is 23.3. The second kappa shape index (κ2) is 9.84. The van der Waals surface area contributed by atoms with Gasteiger partial charge in [0.2, 0.25) is 0 Å². The molecule has 2 aromatic carbocycles. The topological polar surface area (TPSA) is 121 Å². The molecule has 0 aliphatic rings. The molecule has 4 N–H and O–H groups in total. The molecule has 0 saturated heterocycles. The summed E-state index contributed by atoms with van der Waals surface area (Å²) in [6.07, 6.45) is -1.28. The van der Waals surface area contributed by atoms with Crippen molar-refractivity contribution in [2.75, 3.05) is 6.61 Å². The van der Waals surface area contributed by atoms with Crippen molar-refractivity contribution in [3.8, 4) is 5.75 Å². The van der Waals surface area contributed by atoms with Crippen LogP contribution < -0.4 is 10.1 Å². The molecule has 3 aromatic rings. The molecular weight excluding hydrogens is 412 g/mol. The van der Waals surface area contributed by atoms with Gasteiger partial charge in [-0.05, 0) is 44.5 Å². The number of aliphatic hydroxyl groups is 2. The van der Waals surface area contributed by atoms with Gasteiger partial charge in [-0.25, -0.2) is 4.79 Å². The highest BCUT2D eigenvalue weighted by Crippen LogP contribution is 2.31. The number of amides is 1. The molecule has 0 radical (unpaired) electrons. The summed E-state index contributed by atoms with van der Waals surface area (Å²) in [6, 6.07) is 13.5. The molecule has 8 heteroatoms. The molecular formula is C24H28N2O6. The Morgan fingerprint density at radius 1 is 1.19 bits per heavy atom. The molecule has 2 atom stereocenters. The number of H-pyrrole nitrogens is 1. The van der Waals surface area contributed by atoms with Crippen molar-refractivity contribution >= 4 is 23.3 Å². The number of ether oxygens (including phenoxy) is 2. The third-order valence-corrected chi connectivity index (χ3v) is 4.72. The maximum Gasteiger partial charge on any atom is 0.408 e. The van der Waals surface area contributed by atoms with E-state index in [-0.39, 0.29) is 0 Å². The van der Waals surface area contributed by atoms with E-state index in [4.69, 9.17) is 9.47 Å². The van der Waals surface area contributed by atoms with Crippen molar-refractivity contribution in [1.29, 1.82) is 0 Å². The van der Waals surface area contributed by atoms with Crippen LogP contribution in [0.5, 0.6) is 5.75 Å². The van der Waals surface area contributed by atoms with E-state index in [1.165, 1.54) is 0 Å². The van der Waals surface area contributed by atoms with E-state index in [9.17, 15) is 19.8 Å². The number of hydrogen-bond donors (Lipinski definition) is 4. The highest BCUT2D eigenvalue weighted by atomic mass is 16.6. The van der Waals surface area contributed by atoms with Gasteiger partial charge < -0.3 is 30.0 Å². The van der Waals surface area contributed by atoms with Crippen LogP contribution in [0.1, 0.15) is 48.5 Å². The average molecular weight is 440 g/mol. The molecule has 170 valence electrons. The van der Waals surface area contributed by atoms with Gasteiger partial charge in [-0.15, -0.1) is 0 Å². The summed E-state index contributed by atoms with van der Waals surface area (Å²) < 4.78 is 11.1. The first kappa shape index (κ1) is 23.3. The van der Waals surface area contributed by atoms with Crippen molar-refractivity contribution < 1.29 is 29.3 Å². The Morgan fingerprint density at radius 3 is 2.53 bits per heavy atom. The SMILES string of the molecule is CC(C)(C)OC(=O)N[C@@H](CO)[C@H](O)c1cc2c(OCc3ccccc3)cc(C=O)cc2[nH]1. The average Bonchev–Trinajstić information content (AvgIpc) is 3.19. The number of aldehydes is 1. The van der Waals surface area contributed by atoms with Crippen LogP contribution in [0.2, 0.25) is 0 Å². The minimum atomic E-state index is -1.25. The molecule has 0 aliphatic carbocycles. The Labute approximate surface area is 186 Å². The van der Waals surface area contributed by atoms with Crippen molar-refractivity contribution in [2.45, 2.75) is 45.1 Å². The van der Waals surface area contributed by atoms with E-state index in [0.29, 0.717) is 40.8 Å². The maximum absolute atomic E-state index is 12.1. The van der Waals surface area contributed by atoms with E-state index < -0.39 is 30.4 Å². The van der Waals surface area contributed by atoms with Gasteiger partial charge in [0.05, 0.1) is 18.2 Å². The number of carbonyl (C=O) groups excluding carboxylic acids is 2.